The van der Waals surface area contributed by atoms with Crippen LogP contribution in [0.2, 0.25) is 0 Å². The molecule has 2 fully saturated rings. The van der Waals surface area contributed by atoms with Crippen LogP contribution in [0, 0.1) is 19.3 Å². The minimum atomic E-state index is -0.715. The van der Waals surface area contributed by atoms with E-state index in [1.807, 2.05) is 32.0 Å². The van der Waals surface area contributed by atoms with Gasteiger partial charge in [0, 0.05) is 61.5 Å². The lowest BCUT2D eigenvalue weighted by Crippen LogP contribution is -2.47. The summed E-state index contributed by atoms with van der Waals surface area (Å²) in [6.07, 6.45) is 4.69. The number of halogens is 1. The summed E-state index contributed by atoms with van der Waals surface area (Å²) in [4.78, 5) is 55.4. The van der Waals surface area contributed by atoms with Gasteiger partial charge in [-0.15, -0.1) is 0 Å². The molecule has 12 nitrogen and oxygen atoms in total. The molecule has 45 heavy (non-hydrogen) atoms. The SMILES string of the molecule is COCc1cc(-c2cnc(C)nc2)cc2c(C(C)=O)nn(CC(=O)N3[C@H](C(=O)Nc4nc(Br)ccc4C)C[C@]4(COC)C[C@@H]34)c12. The number of ether oxygens (including phenoxy) is 2. The Labute approximate surface area is 268 Å². The standard InChI is InChI=1S/C32H34BrN7O5/c1-17-6-7-26(33)36-30(17)37-31(43)24-10-32(16-45-5)11-25(32)40(24)27(42)14-39-29-21(15-44-4)8-20(22-12-34-19(3)35-13-22)9-23(29)28(38-39)18(2)41/h6-9,12-13,24-25H,10-11,14-16H2,1-5H3,(H,36,37,43)/t24-,25+,32+/m0/s1. The molecule has 1 aliphatic heterocycles. The Morgan fingerprint density at radius 1 is 1.07 bits per heavy atom. The lowest BCUT2D eigenvalue weighted by atomic mass is 10.00. The van der Waals surface area contributed by atoms with Gasteiger partial charge in [-0.05, 0) is 71.9 Å². The Morgan fingerprint density at radius 3 is 2.51 bits per heavy atom. The summed E-state index contributed by atoms with van der Waals surface area (Å²) in [6, 6.07) is 6.62. The summed E-state index contributed by atoms with van der Waals surface area (Å²) in [5, 5.41) is 8.17. The summed E-state index contributed by atoms with van der Waals surface area (Å²) in [5.41, 5.74) is 3.74. The monoisotopic (exact) mass is 675 g/mol. The molecule has 0 radical (unpaired) electrons. The number of nitrogens with one attached hydrogen (secondary N) is 1. The number of amides is 2. The number of likely N-dealkylation sites (tertiary alicyclic amines) is 1. The largest absolute Gasteiger partial charge is 0.384 e. The minimum absolute atomic E-state index is 0.141. The first kappa shape index (κ1) is 30.9. The van der Waals surface area contributed by atoms with Crippen LogP contribution in [0.3, 0.4) is 0 Å². The van der Waals surface area contributed by atoms with E-state index < -0.39 is 6.04 Å². The molecule has 0 bridgehead atoms. The van der Waals surface area contributed by atoms with Gasteiger partial charge in [0.05, 0.1) is 18.7 Å². The number of rotatable bonds is 10. The van der Waals surface area contributed by atoms with Crippen molar-refractivity contribution in [3.05, 3.63) is 63.9 Å². The van der Waals surface area contributed by atoms with Crippen LogP contribution in [-0.2, 0) is 32.2 Å². The molecule has 4 heterocycles. The first-order chi connectivity index (χ1) is 21.5. The van der Waals surface area contributed by atoms with Crippen LogP contribution < -0.4 is 5.32 Å². The fourth-order valence-corrected chi connectivity index (χ4v) is 6.81. The van der Waals surface area contributed by atoms with E-state index in [0.717, 1.165) is 28.7 Å². The maximum Gasteiger partial charge on any atom is 0.248 e. The van der Waals surface area contributed by atoms with Gasteiger partial charge < -0.3 is 19.7 Å². The van der Waals surface area contributed by atoms with Crippen LogP contribution in [0.5, 0.6) is 0 Å². The number of fused-ring (bicyclic) bond motifs is 2. The number of ketones is 1. The zero-order valence-corrected chi connectivity index (χ0v) is 27.3. The molecule has 1 saturated carbocycles. The third kappa shape index (κ3) is 5.75. The molecule has 2 aliphatic rings. The second kappa shape index (κ2) is 12.0. The number of anilines is 1. The van der Waals surface area contributed by atoms with Gasteiger partial charge in [0.2, 0.25) is 11.8 Å². The van der Waals surface area contributed by atoms with E-state index >= 15 is 0 Å². The normalized spacial score (nSPS) is 20.4. The quantitative estimate of drug-likeness (QED) is 0.193. The van der Waals surface area contributed by atoms with Gasteiger partial charge in [0.15, 0.2) is 5.78 Å². The number of aromatic nitrogens is 5. The maximum absolute atomic E-state index is 14.2. The molecule has 3 atom stereocenters. The van der Waals surface area contributed by atoms with Crippen LogP contribution in [0.25, 0.3) is 22.0 Å². The van der Waals surface area contributed by atoms with Gasteiger partial charge in [-0.25, -0.2) is 15.0 Å². The van der Waals surface area contributed by atoms with Crippen LogP contribution in [0.1, 0.15) is 47.2 Å². The van der Waals surface area contributed by atoms with E-state index in [-0.39, 0.29) is 47.9 Å². The summed E-state index contributed by atoms with van der Waals surface area (Å²) in [6.45, 7) is 5.63. The summed E-state index contributed by atoms with van der Waals surface area (Å²) in [7, 11) is 3.22. The van der Waals surface area contributed by atoms with Gasteiger partial charge in [0.1, 0.15) is 34.5 Å². The van der Waals surface area contributed by atoms with E-state index in [0.29, 0.717) is 40.2 Å². The second-order valence-electron chi connectivity index (χ2n) is 11.9. The average Bonchev–Trinajstić information content (AvgIpc) is 3.40. The van der Waals surface area contributed by atoms with Crippen molar-refractivity contribution in [1.82, 2.24) is 29.6 Å². The Morgan fingerprint density at radius 2 is 1.82 bits per heavy atom. The molecule has 1 N–H and O–H groups in total. The number of piperidine rings is 1. The fraction of sp³-hybridized carbons (Fsp3) is 0.406. The van der Waals surface area contributed by atoms with Gasteiger partial charge in [0.25, 0.3) is 0 Å². The Hall–Kier alpha value is -4.07. The number of benzene rings is 1. The third-order valence-corrected chi connectivity index (χ3v) is 9.14. The molecule has 6 rings (SSSR count). The Bertz CT molecular complexity index is 1820. The molecule has 2 amide bonds. The summed E-state index contributed by atoms with van der Waals surface area (Å²) in [5.74, 6) is 0.276. The second-order valence-corrected chi connectivity index (χ2v) is 12.7. The van der Waals surface area contributed by atoms with E-state index in [2.05, 4.69) is 41.3 Å². The van der Waals surface area contributed by atoms with Crippen molar-refractivity contribution >= 4 is 50.2 Å². The van der Waals surface area contributed by atoms with Crippen LogP contribution in [0.4, 0.5) is 5.82 Å². The third-order valence-electron chi connectivity index (χ3n) is 8.70. The van der Waals surface area contributed by atoms with Crippen molar-refractivity contribution in [2.24, 2.45) is 5.41 Å². The molecule has 1 saturated heterocycles. The first-order valence-corrected chi connectivity index (χ1v) is 15.4. The predicted octanol–water partition coefficient (Wildman–Crippen LogP) is 4.26. The van der Waals surface area contributed by atoms with Crippen molar-refractivity contribution in [2.75, 3.05) is 26.1 Å². The molecule has 0 unspecified atom stereocenters. The highest BCUT2D eigenvalue weighted by atomic mass is 79.9. The average molecular weight is 677 g/mol. The molecular weight excluding hydrogens is 642 g/mol. The van der Waals surface area contributed by atoms with E-state index in [4.69, 9.17) is 9.47 Å². The first-order valence-electron chi connectivity index (χ1n) is 14.6. The highest BCUT2D eigenvalue weighted by Crippen LogP contribution is 2.59. The van der Waals surface area contributed by atoms with Gasteiger partial charge in [-0.1, -0.05) is 6.07 Å². The van der Waals surface area contributed by atoms with Crippen molar-refractivity contribution in [3.63, 3.8) is 0 Å². The van der Waals surface area contributed by atoms with E-state index in [1.54, 1.807) is 42.3 Å². The molecule has 3 aromatic heterocycles. The van der Waals surface area contributed by atoms with Gasteiger partial charge >= 0.3 is 0 Å². The summed E-state index contributed by atoms with van der Waals surface area (Å²) < 4.78 is 13.2. The maximum atomic E-state index is 14.2. The van der Waals surface area contributed by atoms with Crippen molar-refractivity contribution in [1.29, 1.82) is 0 Å². The number of aryl methyl sites for hydroxylation is 2. The van der Waals surface area contributed by atoms with Gasteiger partial charge in [-0.2, -0.15) is 5.10 Å². The van der Waals surface area contributed by atoms with E-state index in [1.165, 1.54) is 6.92 Å². The number of methoxy groups -OCH3 is 2. The lowest BCUT2D eigenvalue weighted by Gasteiger charge is -2.27. The number of hydrogen-bond acceptors (Lipinski definition) is 9. The topological polar surface area (TPSA) is 141 Å². The van der Waals surface area contributed by atoms with Crippen molar-refractivity contribution in [2.45, 2.75) is 58.8 Å². The van der Waals surface area contributed by atoms with Gasteiger partial charge in [-0.3, -0.25) is 19.1 Å². The molecule has 234 valence electrons. The Kier molecular flexibility index (Phi) is 8.27. The molecular formula is C32H34BrN7O5. The molecule has 1 aromatic carbocycles. The number of carbonyl (C=O) groups excluding carboxylic acids is 3. The number of nitrogens with zero attached hydrogens (tertiary/aromatic N) is 6. The Balaban J connectivity index is 1.36. The highest BCUT2D eigenvalue weighted by molar-refractivity contribution is 9.10. The van der Waals surface area contributed by atoms with Crippen molar-refractivity contribution < 1.29 is 23.9 Å². The zero-order valence-electron chi connectivity index (χ0n) is 25.8. The van der Waals surface area contributed by atoms with Crippen LogP contribution in [0.15, 0.2) is 41.3 Å². The molecule has 0 spiro atoms. The lowest BCUT2D eigenvalue weighted by molar-refractivity contribution is -0.138. The number of carbonyl (C=O) groups is 3. The molecule has 13 heteroatoms. The fourth-order valence-electron chi connectivity index (χ4n) is 6.50. The molecule has 4 aromatic rings. The minimum Gasteiger partial charge on any atom is -0.384 e. The van der Waals surface area contributed by atoms with Crippen molar-refractivity contribution in [3.8, 4) is 11.1 Å². The number of pyridine rings is 1. The zero-order chi connectivity index (χ0) is 32.0. The van der Waals surface area contributed by atoms with Crippen LogP contribution >= 0.6 is 15.9 Å². The van der Waals surface area contributed by atoms with Crippen LogP contribution in [-0.4, -0.2) is 80.1 Å². The number of Topliss-reactive ketones (excluding diaryl/α,β-unsaturated/α-hetero) is 1. The highest BCUT2D eigenvalue weighted by Gasteiger charge is 2.67. The predicted molar refractivity (Wildman–Crippen MR) is 169 cm³/mol. The number of hydrogen-bond donors (Lipinski definition) is 1. The molecule has 1 aliphatic carbocycles. The van der Waals surface area contributed by atoms with E-state index in [9.17, 15) is 14.4 Å². The summed E-state index contributed by atoms with van der Waals surface area (Å²) >= 11 is 3.36. The smallest absolute Gasteiger partial charge is 0.248 e.